The van der Waals surface area contributed by atoms with Crippen LogP contribution in [-0.4, -0.2) is 50.8 Å². The zero-order valence-corrected chi connectivity index (χ0v) is 24.7. The first-order valence-corrected chi connectivity index (χ1v) is 14.2. The fraction of sp³-hybridized carbons (Fsp3) is 0.344. The van der Waals surface area contributed by atoms with Crippen molar-refractivity contribution in [2.45, 2.75) is 58.7 Å². The molecule has 0 aliphatic carbocycles. The maximum absolute atomic E-state index is 12.2. The molecule has 0 spiro atoms. The van der Waals surface area contributed by atoms with Crippen molar-refractivity contribution in [3.63, 3.8) is 0 Å². The number of benzene rings is 2. The van der Waals surface area contributed by atoms with Crippen LogP contribution in [0.25, 0.3) is 11.4 Å². The summed E-state index contributed by atoms with van der Waals surface area (Å²) in [4.78, 5) is 32.9. The Morgan fingerprint density at radius 3 is 2.64 bits per heavy atom. The first kappa shape index (κ1) is 28.8. The molecule has 2 aromatic heterocycles. The largest absolute Gasteiger partial charge is 0.486 e. The van der Waals surface area contributed by atoms with E-state index in [9.17, 15) is 4.79 Å². The van der Waals surface area contributed by atoms with Gasteiger partial charge in [0.1, 0.15) is 18.0 Å². The highest BCUT2D eigenvalue weighted by molar-refractivity contribution is 5.69. The molecule has 0 saturated heterocycles. The molecule has 1 aliphatic rings. The van der Waals surface area contributed by atoms with Crippen molar-refractivity contribution in [1.29, 1.82) is 0 Å². The van der Waals surface area contributed by atoms with E-state index in [1.165, 1.54) is 0 Å². The molecule has 1 aliphatic heterocycles. The summed E-state index contributed by atoms with van der Waals surface area (Å²) in [5.41, 5.74) is 2.53. The van der Waals surface area contributed by atoms with E-state index in [4.69, 9.17) is 19.4 Å². The van der Waals surface area contributed by atoms with Crippen molar-refractivity contribution in [3.05, 3.63) is 84.2 Å². The Morgan fingerprint density at radius 2 is 1.86 bits per heavy atom. The van der Waals surface area contributed by atoms with Crippen LogP contribution in [-0.2, 0) is 11.2 Å². The van der Waals surface area contributed by atoms with E-state index in [-0.39, 0.29) is 12.1 Å². The molecule has 0 unspecified atom stereocenters. The fourth-order valence-electron chi connectivity index (χ4n) is 4.71. The van der Waals surface area contributed by atoms with Crippen LogP contribution < -0.4 is 20.3 Å². The molecule has 0 radical (unpaired) electrons. The summed E-state index contributed by atoms with van der Waals surface area (Å²) in [7, 11) is 0. The third kappa shape index (κ3) is 7.31. The van der Waals surface area contributed by atoms with Crippen molar-refractivity contribution in [3.8, 4) is 17.1 Å². The Hall–Kier alpha value is -4.73. The maximum Gasteiger partial charge on any atom is 0.408 e. The summed E-state index contributed by atoms with van der Waals surface area (Å²) in [6.45, 7) is 10.7. The second-order valence-electron chi connectivity index (χ2n) is 11.3. The number of alkyl carbamates (subject to hydrolysis) is 1. The molecule has 2 N–H and O–H groups in total. The van der Waals surface area contributed by atoms with Crippen molar-refractivity contribution in [1.82, 2.24) is 25.3 Å². The van der Waals surface area contributed by atoms with E-state index in [0.29, 0.717) is 36.5 Å². The zero-order valence-electron chi connectivity index (χ0n) is 24.7. The Morgan fingerprint density at radius 1 is 1.05 bits per heavy atom. The van der Waals surface area contributed by atoms with Crippen LogP contribution in [0, 0.1) is 0 Å². The predicted molar refractivity (Wildman–Crippen MR) is 163 cm³/mol. The number of aromatic nitrogens is 4. The minimum absolute atomic E-state index is 0.0496. The number of carbonyl (C=O) groups is 1. The maximum atomic E-state index is 12.2. The van der Waals surface area contributed by atoms with Crippen LogP contribution >= 0.6 is 0 Å². The summed E-state index contributed by atoms with van der Waals surface area (Å²) in [5, 5.41) is 6.35. The van der Waals surface area contributed by atoms with Crippen LogP contribution in [0.1, 0.15) is 51.8 Å². The van der Waals surface area contributed by atoms with Crippen molar-refractivity contribution in [2.75, 3.05) is 23.4 Å². The van der Waals surface area contributed by atoms with Gasteiger partial charge in [0.15, 0.2) is 17.4 Å². The van der Waals surface area contributed by atoms with Crippen molar-refractivity contribution < 1.29 is 14.3 Å². The molecule has 0 saturated carbocycles. The standard InChI is InChI=1S/C32H37N7O3/c1-21(18-23-10-9-13-25(19-23)22(2)36-31(40)42-32(3,4)5)35-30-33-15-14-27(37-30)39-16-17-41-26-20-34-28(38-29(26)39)24-11-7-6-8-12-24/h6-15,19-22H,16-18H2,1-5H3,(H,36,40)(H,33,35,37)/t21-,22+/m0/s1. The lowest BCUT2D eigenvalue weighted by Gasteiger charge is -2.29. The van der Waals surface area contributed by atoms with Crippen LogP contribution in [0.5, 0.6) is 5.75 Å². The number of hydrogen-bond donors (Lipinski definition) is 2. The van der Waals surface area contributed by atoms with Gasteiger partial charge in [-0.15, -0.1) is 0 Å². The highest BCUT2D eigenvalue weighted by atomic mass is 16.6. The van der Waals surface area contributed by atoms with Gasteiger partial charge in [-0.25, -0.2) is 19.7 Å². The van der Waals surface area contributed by atoms with E-state index in [1.54, 1.807) is 12.4 Å². The summed E-state index contributed by atoms with van der Waals surface area (Å²) >= 11 is 0. The molecule has 0 fully saturated rings. The third-order valence-corrected chi connectivity index (χ3v) is 6.62. The van der Waals surface area contributed by atoms with E-state index in [2.05, 4.69) is 39.7 Å². The molecular formula is C32H37N7O3. The Balaban J connectivity index is 1.26. The van der Waals surface area contributed by atoms with Gasteiger partial charge in [-0.05, 0) is 58.2 Å². The number of rotatable bonds is 8. The first-order chi connectivity index (χ1) is 20.1. The molecule has 2 aromatic carbocycles. The normalized spacial score (nSPS) is 14.3. The van der Waals surface area contributed by atoms with Gasteiger partial charge < -0.3 is 25.0 Å². The average Bonchev–Trinajstić information content (AvgIpc) is 2.96. The number of carbonyl (C=O) groups excluding carboxylic acids is 1. The van der Waals surface area contributed by atoms with Gasteiger partial charge in [-0.1, -0.05) is 54.6 Å². The van der Waals surface area contributed by atoms with Gasteiger partial charge >= 0.3 is 6.09 Å². The van der Waals surface area contributed by atoms with Gasteiger partial charge in [-0.2, -0.15) is 4.98 Å². The SMILES string of the molecule is C[C@@H](Cc1cccc([C@@H](C)NC(=O)OC(C)(C)C)c1)Nc1nccc(N2CCOc3cnc(-c4ccccc4)nc32)n1. The lowest BCUT2D eigenvalue weighted by atomic mass is 10.0. The molecule has 4 aromatic rings. The van der Waals surface area contributed by atoms with Gasteiger partial charge in [0.05, 0.1) is 18.8 Å². The number of hydrogen-bond acceptors (Lipinski definition) is 9. The molecule has 2 atom stereocenters. The molecule has 218 valence electrons. The summed E-state index contributed by atoms with van der Waals surface area (Å²) in [6.07, 6.45) is 3.78. The van der Waals surface area contributed by atoms with Gasteiger partial charge in [0, 0.05) is 17.8 Å². The number of nitrogens with zero attached hydrogens (tertiary/aromatic N) is 5. The number of anilines is 3. The molecule has 0 bridgehead atoms. The van der Waals surface area contributed by atoms with E-state index in [0.717, 1.165) is 28.9 Å². The van der Waals surface area contributed by atoms with Crippen LogP contribution in [0.2, 0.25) is 0 Å². The number of ether oxygens (including phenoxy) is 2. The van der Waals surface area contributed by atoms with Crippen LogP contribution in [0.4, 0.5) is 22.4 Å². The van der Waals surface area contributed by atoms with E-state index < -0.39 is 11.7 Å². The van der Waals surface area contributed by atoms with Gasteiger partial charge in [0.25, 0.3) is 0 Å². The smallest absolute Gasteiger partial charge is 0.408 e. The van der Waals surface area contributed by atoms with Crippen molar-refractivity contribution in [2.24, 2.45) is 0 Å². The van der Waals surface area contributed by atoms with Crippen LogP contribution in [0.3, 0.4) is 0 Å². The zero-order chi connectivity index (χ0) is 29.7. The highest BCUT2D eigenvalue weighted by Gasteiger charge is 2.24. The average molecular weight is 568 g/mol. The monoisotopic (exact) mass is 567 g/mol. The fourth-order valence-corrected chi connectivity index (χ4v) is 4.71. The lowest BCUT2D eigenvalue weighted by Crippen LogP contribution is -2.34. The second kappa shape index (κ2) is 12.4. The summed E-state index contributed by atoms with van der Waals surface area (Å²) in [6, 6.07) is 19.8. The molecule has 10 heteroatoms. The Kier molecular flexibility index (Phi) is 8.51. The first-order valence-electron chi connectivity index (χ1n) is 14.2. The topological polar surface area (TPSA) is 114 Å². The van der Waals surface area contributed by atoms with E-state index >= 15 is 0 Å². The van der Waals surface area contributed by atoms with E-state index in [1.807, 2.05) is 81.1 Å². The molecule has 5 rings (SSSR count). The lowest BCUT2D eigenvalue weighted by molar-refractivity contribution is 0.0508. The Bertz CT molecular complexity index is 1520. The van der Waals surface area contributed by atoms with Crippen molar-refractivity contribution >= 4 is 23.7 Å². The minimum atomic E-state index is -0.546. The number of nitrogens with one attached hydrogen (secondary N) is 2. The number of amides is 1. The Labute approximate surface area is 246 Å². The molecular weight excluding hydrogens is 530 g/mol. The molecule has 1 amide bonds. The quantitative estimate of drug-likeness (QED) is 0.261. The van der Waals surface area contributed by atoms with Gasteiger partial charge in [-0.3, -0.25) is 0 Å². The number of fused-ring (bicyclic) bond motifs is 1. The second-order valence-corrected chi connectivity index (χ2v) is 11.3. The summed E-state index contributed by atoms with van der Waals surface area (Å²) in [5.74, 6) is 3.19. The molecule has 42 heavy (non-hydrogen) atoms. The minimum Gasteiger partial charge on any atom is -0.486 e. The van der Waals surface area contributed by atoms with Gasteiger partial charge in [0.2, 0.25) is 5.95 Å². The summed E-state index contributed by atoms with van der Waals surface area (Å²) < 4.78 is 11.2. The highest BCUT2D eigenvalue weighted by Crippen LogP contribution is 2.35. The van der Waals surface area contributed by atoms with Crippen LogP contribution in [0.15, 0.2) is 73.1 Å². The molecule has 10 nitrogen and oxygen atoms in total. The predicted octanol–water partition coefficient (Wildman–Crippen LogP) is 6.09. The third-order valence-electron chi connectivity index (χ3n) is 6.62. The molecule has 3 heterocycles.